The van der Waals surface area contributed by atoms with Crippen LogP contribution < -0.4 is 15.4 Å². The third-order valence-corrected chi connectivity index (χ3v) is 5.96. The van der Waals surface area contributed by atoms with Gasteiger partial charge in [0.05, 0.1) is 0 Å². The first-order chi connectivity index (χ1) is 13.5. The number of carbonyl (C=O) groups is 1. The molecule has 2 N–H and O–H groups in total. The molecule has 6 rings (SSSR count). The van der Waals surface area contributed by atoms with Gasteiger partial charge in [0.25, 0.3) is 5.91 Å². The standard InChI is InChI=1S/C19H19ClN6O2/c1-12-6-13(2-3-14(12)20)28-7-15(27)23-18-8-19(9-18,10-18)24-16-17-25-22-11-26(17)5-4-21-16/h2-6,11H,7-10H2,1H3,(H,21,24)(H,23,27). The van der Waals surface area contributed by atoms with Crippen molar-refractivity contribution in [3.63, 3.8) is 0 Å². The van der Waals surface area contributed by atoms with Gasteiger partial charge in [-0.2, -0.15) is 0 Å². The fraction of sp³-hybridized carbons (Fsp3) is 0.368. The summed E-state index contributed by atoms with van der Waals surface area (Å²) < 4.78 is 7.41. The molecule has 2 aromatic heterocycles. The summed E-state index contributed by atoms with van der Waals surface area (Å²) in [5.74, 6) is 1.25. The van der Waals surface area contributed by atoms with Gasteiger partial charge >= 0.3 is 0 Å². The molecule has 9 heteroatoms. The van der Waals surface area contributed by atoms with Crippen LogP contribution in [0, 0.1) is 6.92 Å². The van der Waals surface area contributed by atoms with Crippen molar-refractivity contribution < 1.29 is 9.53 Å². The average Bonchev–Trinajstić information content (AvgIpc) is 3.09. The number of hydrogen-bond donors (Lipinski definition) is 2. The fourth-order valence-corrected chi connectivity index (χ4v) is 4.46. The summed E-state index contributed by atoms with van der Waals surface area (Å²) in [4.78, 5) is 16.7. The van der Waals surface area contributed by atoms with E-state index >= 15 is 0 Å². The van der Waals surface area contributed by atoms with E-state index in [2.05, 4.69) is 25.8 Å². The molecule has 3 aliphatic rings. The van der Waals surface area contributed by atoms with Gasteiger partial charge < -0.3 is 15.4 Å². The SMILES string of the molecule is Cc1cc(OCC(=O)NC23CC(Nc4nccn5cnnc45)(C2)C3)ccc1Cl. The van der Waals surface area contributed by atoms with Gasteiger partial charge in [-0.15, -0.1) is 10.2 Å². The molecule has 0 aliphatic heterocycles. The molecule has 1 amide bonds. The number of hydrogen-bond acceptors (Lipinski definition) is 6. The number of fused-ring (bicyclic) bond motifs is 1. The van der Waals surface area contributed by atoms with Gasteiger partial charge in [0.2, 0.25) is 5.65 Å². The number of nitrogens with one attached hydrogen (secondary N) is 2. The molecule has 3 saturated carbocycles. The average molecular weight is 399 g/mol. The molecule has 3 aromatic rings. The zero-order valence-electron chi connectivity index (χ0n) is 15.3. The molecule has 144 valence electrons. The molecule has 3 aliphatic carbocycles. The van der Waals surface area contributed by atoms with E-state index in [9.17, 15) is 4.79 Å². The van der Waals surface area contributed by atoms with Crippen LogP contribution in [0.5, 0.6) is 5.75 Å². The van der Waals surface area contributed by atoms with Crippen molar-refractivity contribution in [2.24, 2.45) is 0 Å². The predicted octanol–water partition coefficient (Wildman–Crippen LogP) is 2.37. The number of ether oxygens (including phenoxy) is 1. The summed E-state index contributed by atoms with van der Waals surface area (Å²) in [5.41, 5.74) is 1.46. The van der Waals surface area contributed by atoms with E-state index in [-0.39, 0.29) is 23.6 Å². The maximum atomic E-state index is 12.3. The summed E-state index contributed by atoms with van der Waals surface area (Å²) in [7, 11) is 0. The molecule has 0 radical (unpaired) electrons. The van der Waals surface area contributed by atoms with Crippen molar-refractivity contribution in [2.45, 2.75) is 37.3 Å². The number of halogens is 1. The summed E-state index contributed by atoms with van der Waals surface area (Å²) in [6.45, 7) is 1.89. The van der Waals surface area contributed by atoms with Gasteiger partial charge in [-0.1, -0.05) is 11.6 Å². The van der Waals surface area contributed by atoms with Crippen LogP contribution in [0.2, 0.25) is 5.02 Å². The molecule has 28 heavy (non-hydrogen) atoms. The number of carbonyl (C=O) groups excluding carboxylic acids is 1. The molecule has 0 atom stereocenters. The minimum atomic E-state index is -0.137. The summed E-state index contributed by atoms with van der Waals surface area (Å²) in [6, 6.07) is 5.36. The minimum Gasteiger partial charge on any atom is -0.484 e. The van der Waals surface area contributed by atoms with Crippen LogP contribution in [0.3, 0.4) is 0 Å². The molecule has 0 saturated heterocycles. The van der Waals surface area contributed by atoms with E-state index in [4.69, 9.17) is 16.3 Å². The number of amides is 1. The Bertz CT molecular complexity index is 1060. The van der Waals surface area contributed by atoms with Crippen LogP contribution >= 0.6 is 11.6 Å². The zero-order chi connectivity index (χ0) is 19.4. The topological polar surface area (TPSA) is 93.4 Å². The van der Waals surface area contributed by atoms with Gasteiger partial charge in [0.15, 0.2) is 12.4 Å². The first-order valence-electron chi connectivity index (χ1n) is 9.09. The Balaban J connectivity index is 1.15. The van der Waals surface area contributed by atoms with Gasteiger partial charge in [0, 0.05) is 28.5 Å². The van der Waals surface area contributed by atoms with Crippen LogP contribution in [-0.4, -0.2) is 43.2 Å². The van der Waals surface area contributed by atoms with Crippen LogP contribution in [-0.2, 0) is 4.79 Å². The Morgan fingerprint density at radius 3 is 2.93 bits per heavy atom. The Labute approximate surface area is 166 Å². The van der Waals surface area contributed by atoms with Gasteiger partial charge in [-0.3, -0.25) is 9.20 Å². The summed E-state index contributed by atoms with van der Waals surface area (Å²) >= 11 is 6.01. The van der Waals surface area contributed by atoms with Gasteiger partial charge in [0.1, 0.15) is 12.1 Å². The number of aromatic nitrogens is 4. The zero-order valence-corrected chi connectivity index (χ0v) is 16.0. The highest BCUT2D eigenvalue weighted by molar-refractivity contribution is 6.31. The molecule has 1 aromatic carbocycles. The highest BCUT2D eigenvalue weighted by Crippen LogP contribution is 2.61. The van der Waals surface area contributed by atoms with E-state index in [1.165, 1.54) is 0 Å². The largest absolute Gasteiger partial charge is 0.484 e. The smallest absolute Gasteiger partial charge is 0.258 e. The van der Waals surface area contributed by atoms with Crippen LogP contribution in [0.15, 0.2) is 36.9 Å². The molecular weight excluding hydrogens is 380 g/mol. The van der Waals surface area contributed by atoms with Crippen molar-refractivity contribution in [1.82, 2.24) is 24.9 Å². The van der Waals surface area contributed by atoms with Crippen LogP contribution in [0.25, 0.3) is 5.65 Å². The van der Waals surface area contributed by atoms with E-state index in [0.29, 0.717) is 16.4 Å². The first-order valence-corrected chi connectivity index (χ1v) is 9.46. The Kier molecular flexibility index (Phi) is 3.74. The lowest BCUT2D eigenvalue weighted by molar-refractivity contribution is -0.135. The highest BCUT2D eigenvalue weighted by Gasteiger charge is 2.69. The summed E-state index contributed by atoms with van der Waals surface area (Å²) in [5, 5.41) is 15.3. The lowest BCUT2D eigenvalue weighted by Gasteiger charge is -2.70. The number of rotatable bonds is 6. The molecule has 2 heterocycles. The monoisotopic (exact) mass is 398 g/mol. The normalized spacial score (nSPS) is 24.9. The lowest BCUT2D eigenvalue weighted by Crippen LogP contribution is -2.81. The number of nitrogens with zero attached hydrogens (tertiary/aromatic N) is 4. The lowest BCUT2D eigenvalue weighted by atomic mass is 9.44. The van der Waals surface area contributed by atoms with Crippen molar-refractivity contribution >= 4 is 29.0 Å². The van der Waals surface area contributed by atoms with Crippen LogP contribution in [0.4, 0.5) is 5.82 Å². The van der Waals surface area contributed by atoms with Crippen LogP contribution in [0.1, 0.15) is 24.8 Å². The maximum Gasteiger partial charge on any atom is 0.258 e. The first kappa shape index (κ1) is 17.2. The molecule has 0 unspecified atom stereocenters. The third kappa shape index (κ3) is 2.84. The van der Waals surface area contributed by atoms with E-state index in [0.717, 1.165) is 30.6 Å². The predicted molar refractivity (Wildman–Crippen MR) is 104 cm³/mol. The second-order valence-electron chi connectivity index (χ2n) is 7.80. The van der Waals surface area contributed by atoms with Crippen molar-refractivity contribution in [2.75, 3.05) is 11.9 Å². The van der Waals surface area contributed by atoms with Crippen molar-refractivity contribution in [1.29, 1.82) is 0 Å². The van der Waals surface area contributed by atoms with Gasteiger partial charge in [-0.25, -0.2) is 4.98 Å². The maximum absolute atomic E-state index is 12.3. The fourth-order valence-electron chi connectivity index (χ4n) is 4.34. The number of benzene rings is 1. The Morgan fingerprint density at radius 1 is 1.32 bits per heavy atom. The van der Waals surface area contributed by atoms with Gasteiger partial charge in [-0.05, 0) is 49.9 Å². The Hall–Kier alpha value is -2.87. The number of anilines is 1. The molecular formula is C19H19ClN6O2. The van der Waals surface area contributed by atoms with E-state index in [1.807, 2.05) is 23.6 Å². The molecule has 3 fully saturated rings. The minimum absolute atomic E-state index is 0.0101. The second kappa shape index (κ2) is 6.07. The second-order valence-corrected chi connectivity index (χ2v) is 8.21. The Morgan fingerprint density at radius 2 is 2.14 bits per heavy atom. The van der Waals surface area contributed by atoms with E-state index < -0.39 is 0 Å². The number of aryl methyl sites for hydroxylation is 1. The summed E-state index contributed by atoms with van der Waals surface area (Å²) in [6.07, 6.45) is 7.77. The quantitative estimate of drug-likeness (QED) is 0.662. The molecule has 8 nitrogen and oxygen atoms in total. The molecule has 2 bridgehead atoms. The van der Waals surface area contributed by atoms with Crippen molar-refractivity contribution in [3.8, 4) is 5.75 Å². The highest BCUT2D eigenvalue weighted by atomic mass is 35.5. The van der Waals surface area contributed by atoms with E-state index in [1.54, 1.807) is 24.7 Å². The molecule has 0 spiro atoms. The van der Waals surface area contributed by atoms with Crippen molar-refractivity contribution in [3.05, 3.63) is 47.5 Å². The third-order valence-electron chi connectivity index (χ3n) is 5.53.